The first-order valence-electron chi connectivity index (χ1n) is 7.72. The van der Waals surface area contributed by atoms with Gasteiger partial charge < -0.3 is 15.6 Å². The molecule has 0 aromatic heterocycles. The Morgan fingerprint density at radius 3 is 1.95 bits per heavy atom. The molecule has 0 heterocycles. The third kappa shape index (κ3) is 14.8. The number of carbonyl (C=O) groups excluding carboxylic acids is 2. The van der Waals surface area contributed by atoms with Crippen molar-refractivity contribution in [3.05, 3.63) is 0 Å². The van der Waals surface area contributed by atoms with Crippen molar-refractivity contribution in [1.29, 1.82) is 0 Å². The summed E-state index contributed by atoms with van der Waals surface area (Å²) in [6.07, 6.45) is 10.7. The molecule has 0 unspecified atom stereocenters. The molecule has 119 valence electrons. The summed E-state index contributed by atoms with van der Waals surface area (Å²) in [6.45, 7) is 1.70. The zero-order valence-corrected chi connectivity index (χ0v) is 15.6. The van der Waals surface area contributed by atoms with E-state index in [4.69, 9.17) is 10.8 Å². The average Bonchev–Trinajstić information content (AvgIpc) is 2.44. The topological polar surface area (TPSA) is 89.6 Å². The minimum Gasteiger partial charge on any atom is -0.394 e. The van der Waals surface area contributed by atoms with Crippen LogP contribution in [0.1, 0.15) is 71.1 Å². The molecule has 0 bridgehead atoms. The van der Waals surface area contributed by atoms with Crippen LogP contribution in [0.4, 0.5) is 0 Å². The van der Waals surface area contributed by atoms with E-state index >= 15 is 0 Å². The van der Waals surface area contributed by atoms with Crippen molar-refractivity contribution in [3.8, 4) is 0 Å². The Kier molecular flexibility index (Phi) is 18.3. The summed E-state index contributed by atoms with van der Waals surface area (Å²) >= 11 is 0. The van der Waals surface area contributed by atoms with Crippen molar-refractivity contribution >= 4 is 41.5 Å². The van der Waals surface area contributed by atoms with E-state index in [0.29, 0.717) is 0 Å². The normalized spacial score (nSPS) is 11.6. The van der Waals surface area contributed by atoms with Crippen LogP contribution in [0.5, 0.6) is 0 Å². The molecule has 0 aliphatic carbocycles. The summed E-state index contributed by atoms with van der Waals surface area (Å²) < 4.78 is 4.51. The summed E-state index contributed by atoms with van der Waals surface area (Å²) in [4.78, 5) is 22.4. The van der Waals surface area contributed by atoms with Gasteiger partial charge in [-0.2, -0.15) is 0 Å². The van der Waals surface area contributed by atoms with Crippen molar-refractivity contribution < 1.29 is 19.4 Å². The Balaban J connectivity index is 0. The molecule has 0 amide bonds. The van der Waals surface area contributed by atoms with E-state index in [2.05, 4.69) is 11.7 Å². The van der Waals surface area contributed by atoms with E-state index in [-0.39, 0.29) is 36.0 Å². The van der Waals surface area contributed by atoms with Crippen LogP contribution < -0.4 is 5.73 Å². The molecule has 0 aliphatic rings. The molecular formula is C15H29NNaO4. The van der Waals surface area contributed by atoms with Crippen molar-refractivity contribution in [2.45, 2.75) is 77.2 Å². The van der Waals surface area contributed by atoms with Crippen molar-refractivity contribution in [2.24, 2.45) is 5.73 Å². The van der Waals surface area contributed by atoms with Gasteiger partial charge in [0.15, 0.2) is 0 Å². The van der Waals surface area contributed by atoms with Crippen LogP contribution in [0, 0.1) is 0 Å². The number of unbranched alkanes of at least 4 members (excludes halogenated alkanes) is 8. The molecule has 0 saturated carbocycles. The standard InChI is InChI=1S/C15H29NO4.Na/c1-2-3-4-5-6-7-8-9-10-11-14(18)20-15(19)13(16)12-17;/h13,17H,2-12,16H2,1H3;/t13-;/m0./s1. The van der Waals surface area contributed by atoms with Crippen LogP contribution >= 0.6 is 0 Å². The minimum atomic E-state index is -1.12. The monoisotopic (exact) mass is 310 g/mol. The quantitative estimate of drug-likeness (QED) is 0.249. The molecule has 21 heavy (non-hydrogen) atoms. The smallest absolute Gasteiger partial charge is 0.332 e. The van der Waals surface area contributed by atoms with Gasteiger partial charge in [0.1, 0.15) is 6.04 Å². The number of carbonyl (C=O) groups is 2. The van der Waals surface area contributed by atoms with Crippen LogP contribution in [-0.2, 0) is 14.3 Å². The molecular weight excluding hydrogens is 281 g/mol. The predicted octanol–water partition coefficient (Wildman–Crippen LogP) is 1.92. The molecule has 0 rings (SSSR count). The van der Waals surface area contributed by atoms with E-state index in [1.807, 2.05) is 0 Å². The number of ether oxygens (including phenoxy) is 1. The second-order valence-electron chi connectivity index (χ2n) is 5.16. The molecule has 1 radical (unpaired) electrons. The van der Waals surface area contributed by atoms with Crippen LogP contribution in [0.15, 0.2) is 0 Å². The molecule has 0 saturated heterocycles. The van der Waals surface area contributed by atoms with Gasteiger partial charge in [0.2, 0.25) is 0 Å². The Morgan fingerprint density at radius 1 is 1.00 bits per heavy atom. The summed E-state index contributed by atoms with van der Waals surface area (Å²) in [7, 11) is 0. The number of hydrogen-bond donors (Lipinski definition) is 2. The van der Waals surface area contributed by atoms with Crippen LogP contribution in [0.2, 0.25) is 0 Å². The third-order valence-electron chi connectivity index (χ3n) is 3.20. The molecule has 0 spiro atoms. The van der Waals surface area contributed by atoms with Crippen molar-refractivity contribution in [2.75, 3.05) is 6.61 Å². The van der Waals surface area contributed by atoms with Gasteiger partial charge in [0, 0.05) is 36.0 Å². The van der Waals surface area contributed by atoms with Gasteiger partial charge in [-0.3, -0.25) is 4.79 Å². The first-order chi connectivity index (χ1) is 9.61. The van der Waals surface area contributed by atoms with E-state index in [1.165, 1.54) is 38.5 Å². The molecule has 3 N–H and O–H groups in total. The van der Waals surface area contributed by atoms with Gasteiger partial charge in [0.25, 0.3) is 0 Å². The van der Waals surface area contributed by atoms with E-state index in [9.17, 15) is 9.59 Å². The fraction of sp³-hybridized carbons (Fsp3) is 0.867. The van der Waals surface area contributed by atoms with E-state index in [0.717, 1.165) is 19.3 Å². The maximum atomic E-state index is 11.3. The fourth-order valence-corrected chi connectivity index (χ4v) is 1.89. The van der Waals surface area contributed by atoms with Gasteiger partial charge >= 0.3 is 11.9 Å². The summed E-state index contributed by atoms with van der Waals surface area (Å²) in [6, 6.07) is -1.12. The first-order valence-corrected chi connectivity index (χ1v) is 7.72. The zero-order chi connectivity index (χ0) is 15.2. The number of esters is 2. The number of nitrogens with two attached hydrogens (primary N) is 1. The van der Waals surface area contributed by atoms with Gasteiger partial charge in [-0.15, -0.1) is 0 Å². The molecule has 0 aromatic rings. The molecule has 0 fully saturated rings. The maximum absolute atomic E-state index is 11.3. The summed E-state index contributed by atoms with van der Waals surface area (Å²) in [5.74, 6) is -1.41. The number of aliphatic hydroxyl groups is 1. The van der Waals surface area contributed by atoms with Gasteiger partial charge in [-0.05, 0) is 6.42 Å². The number of hydrogen-bond acceptors (Lipinski definition) is 5. The second kappa shape index (κ2) is 16.4. The van der Waals surface area contributed by atoms with Crippen LogP contribution in [-0.4, -0.2) is 59.3 Å². The maximum Gasteiger partial charge on any atom is 0.332 e. The Morgan fingerprint density at radius 2 is 1.48 bits per heavy atom. The zero-order valence-electron chi connectivity index (χ0n) is 13.6. The van der Waals surface area contributed by atoms with Crippen molar-refractivity contribution in [1.82, 2.24) is 0 Å². The average molecular weight is 310 g/mol. The van der Waals surface area contributed by atoms with E-state index in [1.54, 1.807) is 0 Å². The van der Waals surface area contributed by atoms with Crippen molar-refractivity contribution in [3.63, 3.8) is 0 Å². The molecule has 6 heteroatoms. The van der Waals surface area contributed by atoms with Gasteiger partial charge in [-0.1, -0.05) is 58.3 Å². The minimum absolute atomic E-state index is 0. The van der Waals surface area contributed by atoms with Gasteiger partial charge in [-0.25, -0.2) is 4.79 Å². The van der Waals surface area contributed by atoms with Crippen LogP contribution in [0.25, 0.3) is 0 Å². The van der Waals surface area contributed by atoms with Gasteiger partial charge in [0.05, 0.1) is 6.61 Å². The third-order valence-corrected chi connectivity index (χ3v) is 3.20. The number of aliphatic hydroxyl groups excluding tert-OH is 1. The first kappa shape index (κ1) is 23.3. The molecule has 0 aliphatic heterocycles. The fourth-order valence-electron chi connectivity index (χ4n) is 1.89. The Bertz CT molecular complexity index is 274. The molecule has 0 aromatic carbocycles. The summed E-state index contributed by atoms with van der Waals surface area (Å²) in [5.41, 5.74) is 5.23. The summed E-state index contributed by atoms with van der Waals surface area (Å²) in [5, 5.41) is 8.63. The largest absolute Gasteiger partial charge is 0.394 e. The number of rotatable bonds is 12. The Labute approximate surface area is 150 Å². The molecule has 1 atom stereocenters. The van der Waals surface area contributed by atoms with E-state index < -0.39 is 24.6 Å². The molecule has 5 nitrogen and oxygen atoms in total. The van der Waals surface area contributed by atoms with Crippen LogP contribution in [0.3, 0.4) is 0 Å². The predicted molar refractivity (Wildman–Crippen MR) is 83.8 cm³/mol. The SMILES string of the molecule is CCCCCCCCCCCC(=O)OC(=O)[C@@H](N)CO.[Na]. The second-order valence-corrected chi connectivity index (χ2v) is 5.16. The Hall–Kier alpha value is 0.0600.